The molecule has 1 aliphatic rings. The van der Waals surface area contributed by atoms with Gasteiger partial charge in [0.15, 0.2) is 0 Å². The van der Waals surface area contributed by atoms with E-state index in [1.807, 2.05) is 0 Å². The smallest absolute Gasteiger partial charge is 0.00258 e. The minimum atomic E-state index is 0.681. The van der Waals surface area contributed by atoms with E-state index in [-0.39, 0.29) is 0 Å². The maximum atomic E-state index is 4.26. The Morgan fingerprint density at radius 3 is 2.10 bits per heavy atom. The standard InChI is InChI=1S/C31H40/c1-7-12-25(6)31(24(4)5)22-19-28-16-15-27(23-28)14-11-10-13-26-17-20-30(21-18-26)29(8-2)9-3/h10-11,13-22,29H,6-9,12,23H2,1-5H3. The highest BCUT2D eigenvalue weighted by Crippen LogP contribution is 2.25. The summed E-state index contributed by atoms with van der Waals surface area (Å²) in [6.45, 7) is 15.3. The van der Waals surface area contributed by atoms with Crippen LogP contribution in [0.25, 0.3) is 6.08 Å². The van der Waals surface area contributed by atoms with Crippen molar-refractivity contribution in [2.24, 2.45) is 0 Å². The summed E-state index contributed by atoms with van der Waals surface area (Å²) in [6.07, 6.45) is 23.2. The van der Waals surface area contributed by atoms with Gasteiger partial charge in [0.25, 0.3) is 0 Å². The lowest BCUT2D eigenvalue weighted by Gasteiger charge is -2.12. The monoisotopic (exact) mass is 412 g/mol. The first-order chi connectivity index (χ1) is 15.0. The molecule has 0 bridgehead atoms. The molecule has 0 aliphatic heterocycles. The van der Waals surface area contributed by atoms with Gasteiger partial charge in [-0.15, -0.1) is 0 Å². The number of rotatable bonds is 11. The van der Waals surface area contributed by atoms with Crippen LogP contribution in [0.1, 0.15) is 83.8 Å². The quantitative estimate of drug-likeness (QED) is 0.317. The normalized spacial score (nSPS) is 14.1. The highest BCUT2D eigenvalue weighted by Gasteiger charge is 2.06. The van der Waals surface area contributed by atoms with Crippen molar-refractivity contribution >= 4 is 6.08 Å². The molecule has 0 radical (unpaired) electrons. The topological polar surface area (TPSA) is 0 Å². The zero-order valence-corrected chi connectivity index (χ0v) is 20.2. The van der Waals surface area contributed by atoms with Gasteiger partial charge in [-0.2, -0.15) is 0 Å². The van der Waals surface area contributed by atoms with E-state index in [0.717, 1.165) is 19.3 Å². The summed E-state index contributed by atoms with van der Waals surface area (Å²) in [5.41, 5.74) is 9.27. The fourth-order valence-electron chi connectivity index (χ4n) is 4.05. The minimum absolute atomic E-state index is 0.681. The Hall–Kier alpha value is -2.60. The van der Waals surface area contributed by atoms with Gasteiger partial charge in [-0.1, -0.05) is 112 Å². The first kappa shape index (κ1) is 24.7. The van der Waals surface area contributed by atoms with Crippen molar-refractivity contribution in [2.45, 2.75) is 72.6 Å². The van der Waals surface area contributed by atoms with Gasteiger partial charge in [-0.3, -0.25) is 0 Å². The largest absolute Gasteiger partial charge is 0.0952 e. The molecule has 0 saturated heterocycles. The molecule has 0 aromatic heterocycles. The van der Waals surface area contributed by atoms with Crippen molar-refractivity contribution in [2.75, 3.05) is 0 Å². The molecule has 2 rings (SSSR count). The third kappa shape index (κ3) is 7.87. The third-order valence-electron chi connectivity index (χ3n) is 5.96. The van der Waals surface area contributed by atoms with Crippen LogP contribution in [0, 0.1) is 0 Å². The van der Waals surface area contributed by atoms with Gasteiger partial charge in [-0.05, 0) is 78.9 Å². The van der Waals surface area contributed by atoms with Gasteiger partial charge in [0.2, 0.25) is 0 Å². The van der Waals surface area contributed by atoms with Crippen molar-refractivity contribution in [1.82, 2.24) is 0 Å². The van der Waals surface area contributed by atoms with Gasteiger partial charge >= 0.3 is 0 Å². The summed E-state index contributed by atoms with van der Waals surface area (Å²) in [7, 11) is 0. The summed E-state index contributed by atoms with van der Waals surface area (Å²) in [6, 6.07) is 9.01. The highest BCUT2D eigenvalue weighted by atomic mass is 14.1. The maximum Gasteiger partial charge on any atom is -0.00258 e. The van der Waals surface area contributed by atoms with Crippen molar-refractivity contribution in [3.8, 4) is 0 Å². The molecule has 1 aliphatic carbocycles. The van der Waals surface area contributed by atoms with E-state index in [1.165, 1.54) is 51.8 Å². The molecule has 0 nitrogen and oxygen atoms in total. The molecule has 1 aromatic carbocycles. The van der Waals surface area contributed by atoms with Crippen LogP contribution in [0.4, 0.5) is 0 Å². The van der Waals surface area contributed by atoms with Crippen LogP contribution < -0.4 is 0 Å². The fraction of sp³-hybridized carbons (Fsp3) is 0.355. The zero-order chi connectivity index (χ0) is 22.6. The van der Waals surface area contributed by atoms with Crippen molar-refractivity contribution in [3.05, 3.63) is 112 Å². The third-order valence-corrected chi connectivity index (χ3v) is 5.96. The molecule has 164 valence electrons. The second-order valence-corrected chi connectivity index (χ2v) is 8.66. The predicted molar refractivity (Wildman–Crippen MR) is 140 cm³/mol. The van der Waals surface area contributed by atoms with Crippen LogP contribution in [-0.2, 0) is 0 Å². The van der Waals surface area contributed by atoms with Crippen molar-refractivity contribution < 1.29 is 0 Å². The van der Waals surface area contributed by atoms with Crippen LogP contribution in [0.5, 0.6) is 0 Å². The van der Waals surface area contributed by atoms with Crippen LogP contribution in [-0.4, -0.2) is 0 Å². The van der Waals surface area contributed by atoms with Gasteiger partial charge in [0, 0.05) is 0 Å². The van der Waals surface area contributed by atoms with Gasteiger partial charge < -0.3 is 0 Å². The molecule has 1 aromatic rings. The van der Waals surface area contributed by atoms with Crippen LogP contribution in [0.2, 0.25) is 0 Å². The highest BCUT2D eigenvalue weighted by molar-refractivity contribution is 5.53. The Morgan fingerprint density at radius 2 is 1.52 bits per heavy atom. The van der Waals surface area contributed by atoms with E-state index < -0.39 is 0 Å². The van der Waals surface area contributed by atoms with Gasteiger partial charge in [-0.25, -0.2) is 0 Å². The summed E-state index contributed by atoms with van der Waals surface area (Å²) in [5.74, 6) is 0.681. The lowest BCUT2D eigenvalue weighted by atomic mass is 9.93. The van der Waals surface area contributed by atoms with E-state index in [2.05, 4.69) is 114 Å². The molecule has 0 heterocycles. The summed E-state index contributed by atoms with van der Waals surface area (Å²) >= 11 is 0. The number of benzene rings is 1. The summed E-state index contributed by atoms with van der Waals surface area (Å²) in [5, 5.41) is 0. The molecule has 31 heavy (non-hydrogen) atoms. The number of hydrogen-bond acceptors (Lipinski definition) is 0. The average Bonchev–Trinajstić information content (AvgIpc) is 3.21. The van der Waals surface area contributed by atoms with E-state index in [1.54, 1.807) is 0 Å². The molecule has 0 atom stereocenters. The lowest BCUT2D eigenvalue weighted by molar-refractivity contribution is 0.642. The molecule has 0 spiro atoms. The summed E-state index contributed by atoms with van der Waals surface area (Å²) in [4.78, 5) is 0. The Morgan fingerprint density at radius 1 is 0.903 bits per heavy atom. The average molecular weight is 413 g/mol. The van der Waals surface area contributed by atoms with Gasteiger partial charge in [0.1, 0.15) is 0 Å². The molecular formula is C31H40. The van der Waals surface area contributed by atoms with Crippen LogP contribution in [0.3, 0.4) is 0 Å². The molecule has 0 N–H and O–H groups in total. The second kappa shape index (κ2) is 13.0. The zero-order valence-electron chi connectivity index (χ0n) is 20.2. The van der Waals surface area contributed by atoms with Crippen molar-refractivity contribution in [1.29, 1.82) is 0 Å². The Labute approximate surface area is 191 Å². The first-order valence-corrected chi connectivity index (χ1v) is 11.9. The predicted octanol–water partition coefficient (Wildman–Crippen LogP) is 9.66. The fourth-order valence-corrected chi connectivity index (χ4v) is 4.05. The molecule has 0 amide bonds. The van der Waals surface area contributed by atoms with Crippen LogP contribution >= 0.6 is 0 Å². The lowest BCUT2D eigenvalue weighted by Crippen LogP contribution is -1.94. The van der Waals surface area contributed by atoms with Crippen molar-refractivity contribution in [3.63, 3.8) is 0 Å². The Bertz CT molecular complexity index is 899. The van der Waals surface area contributed by atoms with E-state index in [4.69, 9.17) is 0 Å². The Kier molecular flexibility index (Phi) is 10.3. The van der Waals surface area contributed by atoms with E-state index in [0.29, 0.717) is 5.92 Å². The SMILES string of the molecule is C=C(CCC)C(C=CC1=CC=C(C=CC=Cc2ccc(C(CC)CC)cc2)C1)=C(C)C. The Balaban J connectivity index is 1.88. The number of allylic oxidation sites excluding steroid dienone is 12. The summed E-state index contributed by atoms with van der Waals surface area (Å²) < 4.78 is 0. The van der Waals surface area contributed by atoms with Gasteiger partial charge in [0.05, 0.1) is 0 Å². The molecule has 0 fully saturated rings. The number of hydrogen-bond donors (Lipinski definition) is 0. The molecule has 0 unspecified atom stereocenters. The molecule has 0 saturated carbocycles. The maximum absolute atomic E-state index is 4.26. The van der Waals surface area contributed by atoms with Crippen LogP contribution in [0.15, 0.2) is 101 Å². The van der Waals surface area contributed by atoms with E-state index >= 15 is 0 Å². The molecular weight excluding hydrogens is 372 g/mol. The van der Waals surface area contributed by atoms with E-state index in [9.17, 15) is 0 Å². The first-order valence-electron chi connectivity index (χ1n) is 11.9. The minimum Gasteiger partial charge on any atom is -0.0952 e. The molecule has 0 heteroatoms. The second-order valence-electron chi connectivity index (χ2n) is 8.66.